The Morgan fingerprint density at radius 2 is 1.88 bits per heavy atom. The Hall–Kier alpha value is -1.08. The monoisotopic (exact) mass is 320 g/mol. The van der Waals surface area contributed by atoms with Crippen molar-refractivity contribution in [2.24, 2.45) is 0 Å². The van der Waals surface area contributed by atoms with Gasteiger partial charge in [-0.15, -0.1) is 0 Å². The van der Waals surface area contributed by atoms with Gasteiger partial charge in [-0.05, 0) is 30.7 Å². The minimum atomic E-state index is -3.79. The maximum absolute atomic E-state index is 11.7. The fourth-order valence-electron chi connectivity index (χ4n) is 1.07. The quantitative estimate of drug-likeness (QED) is 0.889. The normalized spacial score (nSPS) is 10.9. The second-order valence-corrected chi connectivity index (χ2v) is 5.91. The van der Waals surface area contributed by atoms with Crippen molar-refractivity contribution in [2.45, 2.75) is 18.2 Å². The topological polar surface area (TPSA) is 75.3 Å². The lowest BCUT2D eigenvalue weighted by molar-refractivity contribution is 0.246. The zero-order valence-corrected chi connectivity index (χ0v) is 11.6. The third-order valence-corrected chi connectivity index (χ3v) is 3.76. The molecule has 2 N–H and O–H groups in total. The van der Waals surface area contributed by atoms with Gasteiger partial charge in [0.1, 0.15) is 0 Å². The summed E-state index contributed by atoms with van der Waals surface area (Å²) in [6.07, 6.45) is 0.742. The molecule has 1 aromatic carbocycles. The number of rotatable bonds is 4. The molecule has 0 atom stereocenters. The second kappa shape index (κ2) is 6.02. The van der Waals surface area contributed by atoms with Gasteiger partial charge < -0.3 is 5.32 Å². The van der Waals surface area contributed by atoms with Gasteiger partial charge in [0.2, 0.25) is 0 Å². The Morgan fingerprint density at radius 1 is 1.29 bits per heavy atom. The molecule has 0 aliphatic rings. The first-order valence-corrected chi connectivity index (χ1v) is 7.29. The number of carbonyl (C=O) groups excluding carboxylic acids is 1. The summed E-state index contributed by atoms with van der Waals surface area (Å²) in [7, 11) is -3.79. The van der Waals surface area contributed by atoms with Crippen LogP contribution >= 0.6 is 15.9 Å². The maximum Gasteiger partial charge on any atom is 0.328 e. The van der Waals surface area contributed by atoms with Crippen LogP contribution in [0, 0.1) is 0 Å². The minimum Gasteiger partial charge on any atom is -0.337 e. The molecule has 5 nitrogen and oxygen atoms in total. The van der Waals surface area contributed by atoms with Gasteiger partial charge in [0.15, 0.2) is 0 Å². The lowest BCUT2D eigenvalue weighted by Gasteiger charge is -2.07. The van der Waals surface area contributed by atoms with E-state index in [-0.39, 0.29) is 4.90 Å². The number of sulfonamides is 1. The van der Waals surface area contributed by atoms with Gasteiger partial charge in [-0.1, -0.05) is 22.9 Å². The summed E-state index contributed by atoms with van der Waals surface area (Å²) < 4.78 is 26.2. The van der Waals surface area contributed by atoms with E-state index in [1.165, 1.54) is 12.1 Å². The maximum atomic E-state index is 11.7. The average Bonchev–Trinajstić information content (AvgIpc) is 2.26. The molecule has 0 aliphatic heterocycles. The van der Waals surface area contributed by atoms with E-state index in [4.69, 9.17) is 0 Å². The fraction of sp³-hybridized carbons (Fsp3) is 0.300. The molecular weight excluding hydrogens is 308 g/mol. The standard InChI is InChI=1S/C10H13BrN2O3S/c1-2-7-12-10(14)13-17(15,16)9-5-3-8(11)4-6-9/h3-6H,2,7H2,1H3,(H2,12,13,14). The summed E-state index contributed by atoms with van der Waals surface area (Å²) >= 11 is 3.20. The molecule has 0 saturated heterocycles. The van der Waals surface area contributed by atoms with Crippen LogP contribution in [0.3, 0.4) is 0 Å². The molecule has 94 valence electrons. The molecule has 0 fully saturated rings. The summed E-state index contributed by atoms with van der Waals surface area (Å²) in [5.41, 5.74) is 0. The highest BCUT2D eigenvalue weighted by atomic mass is 79.9. The Balaban J connectivity index is 2.75. The van der Waals surface area contributed by atoms with Crippen molar-refractivity contribution in [3.8, 4) is 0 Å². The lowest BCUT2D eigenvalue weighted by Crippen LogP contribution is -2.39. The van der Waals surface area contributed by atoms with Crippen molar-refractivity contribution < 1.29 is 13.2 Å². The van der Waals surface area contributed by atoms with Crippen LogP contribution in [0.1, 0.15) is 13.3 Å². The van der Waals surface area contributed by atoms with Crippen LogP contribution in [0.2, 0.25) is 0 Å². The Kier molecular flexibility index (Phi) is 4.95. The number of carbonyl (C=O) groups is 1. The summed E-state index contributed by atoms with van der Waals surface area (Å²) in [6, 6.07) is 5.31. The molecular formula is C10H13BrN2O3S. The first-order valence-electron chi connectivity index (χ1n) is 5.02. The largest absolute Gasteiger partial charge is 0.337 e. The zero-order valence-electron chi connectivity index (χ0n) is 9.23. The van der Waals surface area contributed by atoms with Crippen LogP contribution in [0.4, 0.5) is 4.79 Å². The Morgan fingerprint density at radius 3 is 2.41 bits per heavy atom. The molecule has 0 unspecified atom stereocenters. The number of halogens is 1. The Bertz CT molecular complexity index is 485. The van der Waals surface area contributed by atoms with E-state index < -0.39 is 16.1 Å². The molecule has 0 spiro atoms. The first-order chi connectivity index (χ1) is 7.95. The van der Waals surface area contributed by atoms with E-state index in [1.807, 2.05) is 11.6 Å². The van der Waals surface area contributed by atoms with Crippen molar-refractivity contribution in [3.63, 3.8) is 0 Å². The third kappa shape index (κ3) is 4.35. The smallest absolute Gasteiger partial charge is 0.328 e. The minimum absolute atomic E-state index is 0.0485. The van der Waals surface area contributed by atoms with Gasteiger partial charge in [-0.2, -0.15) is 0 Å². The predicted molar refractivity (Wildman–Crippen MR) is 68.2 cm³/mol. The summed E-state index contributed by atoms with van der Waals surface area (Å²) in [4.78, 5) is 11.3. The third-order valence-electron chi connectivity index (χ3n) is 1.89. The van der Waals surface area contributed by atoms with Crippen LogP contribution in [0.15, 0.2) is 33.6 Å². The predicted octanol–water partition coefficient (Wildman–Crippen LogP) is 1.85. The molecule has 0 aliphatic carbocycles. The number of amides is 2. The molecule has 1 aromatic rings. The summed E-state index contributed by atoms with van der Waals surface area (Å²) in [5, 5.41) is 2.43. The molecule has 17 heavy (non-hydrogen) atoms. The van der Waals surface area contributed by atoms with Gasteiger partial charge in [-0.25, -0.2) is 17.9 Å². The van der Waals surface area contributed by atoms with Crippen molar-refractivity contribution in [1.29, 1.82) is 0 Å². The second-order valence-electron chi connectivity index (χ2n) is 3.32. The molecule has 0 heterocycles. The number of hydrogen-bond donors (Lipinski definition) is 2. The molecule has 7 heteroatoms. The number of nitrogens with one attached hydrogen (secondary N) is 2. The number of hydrogen-bond acceptors (Lipinski definition) is 3. The van der Waals surface area contributed by atoms with Gasteiger partial charge >= 0.3 is 6.03 Å². The first kappa shape index (κ1) is 14.0. The van der Waals surface area contributed by atoms with Gasteiger partial charge in [0.05, 0.1) is 4.90 Å². The molecule has 1 rings (SSSR count). The van der Waals surface area contributed by atoms with E-state index in [1.54, 1.807) is 12.1 Å². The molecule has 2 amide bonds. The van der Waals surface area contributed by atoms with E-state index in [0.29, 0.717) is 6.54 Å². The van der Waals surface area contributed by atoms with E-state index in [2.05, 4.69) is 21.2 Å². The molecule has 0 aromatic heterocycles. The fourth-order valence-corrected chi connectivity index (χ4v) is 2.26. The van der Waals surface area contributed by atoms with Crippen LogP contribution in [0.5, 0.6) is 0 Å². The van der Waals surface area contributed by atoms with E-state index in [0.717, 1.165) is 10.9 Å². The average molecular weight is 321 g/mol. The van der Waals surface area contributed by atoms with Crippen molar-refractivity contribution in [1.82, 2.24) is 10.0 Å². The van der Waals surface area contributed by atoms with Gasteiger partial charge in [0.25, 0.3) is 10.0 Å². The van der Waals surface area contributed by atoms with Gasteiger partial charge in [0, 0.05) is 11.0 Å². The van der Waals surface area contributed by atoms with Crippen molar-refractivity contribution in [2.75, 3.05) is 6.54 Å². The van der Waals surface area contributed by atoms with Crippen molar-refractivity contribution >= 4 is 32.0 Å². The highest BCUT2D eigenvalue weighted by Gasteiger charge is 2.16. The van der Waals surface area contributed by atoms with Crippen molar-refractivity contribution in [3.05, 3.63) is 28.7 Å². The number of benzene rings is 1. The summed E-state index contributed by atoms with van der Waals surface area (Å²) in [6.45, 7) is 2.31. The molecule has 0 radical (unpaired) electrons. The zero-order chi connectivity index (χ0) is 12.9. The molecule has 0 bridgehead atoms. The highest BCUT2D eigenvalue weighted by molar-refractivity contribution is 9.10. The SMILES string of the molecule is CCCNC(=O)NS(=O)(=O)c1ccc(Br)cc1. The van der Waals surface area contributed by atoms with Crippen LogP contribution in [-0.4, -0.2) is 21.0 Å². The van der Waals surface area contributed by atoms with Crippen LogP contribution in [0.25, 0.3) is 0 Å². The van der Waals surface area contributed by atoms with Crippen LogP contribution < -0.4 is 10.0 Å². The van der Waals surface area contributed by atoms with E-state index >= 15 is 0 Å². The van der Waals surface area contributed by atoms with Gasteiger partial charge in [-0.3, -0.25) is 0 Å². The van der Waals surface area contributed by atoms with Crippen LogP contribution in [-0.2, 0) is 10.0 Å². The van der Waals surface area contributed by atoms with E-state index in [9.17, 15) is 13.2 Å². The molecule has 0 saturated carbocycles. The number of urea groups is 1. The summed E-state index contributed by atoms with van der Waals surface area (Å²) in [5.74, 6) is 0. The Labute approximate surface area is 109 Å². The lowest BCUT2D eigenvalue weighted by atomic mass is 10.4. The highest BCUT2D eigenvalue weighted by Crippen LogP contribution is 2.14.